The molecule has 1 fully saturated rings. The molecule has 2 aromatic heterocycles. The van der Waals surface area contributed by atoms with Crippen LogP contribution in [0.2, 0.25) is 0 Å². The molecule has 0 aliphatic heterocycles. The number of benzene rings is 1. The third kappa shape index (κ3) is 2.91. The fourth-order valence-electron chi connectivity index (χ4n) is 2.83. The second-order valence-electron chi connectivity index (χ2n) is 5.69. The zero-order valence-corrected chi connectivity index (χ0v) is 13.8. The lowest BCUT2D eigenvalue weighted by molar-refractivity contribution is 0.182. The van der Waals surface area contributed by atoms with Gasteiger partial charge >= 0.3 is 0 Å². The summed E-state index contributed by atoms with van der Waals surface area (Å²) in [7, 11) is 0. The van der Waals surface area contributed by atoms with Gasteiger partial charge in [0.2, 0.25) is 5.95 Å². The van der Waals surface area contributed by atoms with Crippen LogP contribution >= 0.6 is 15.9 Å². The highest BCUT2D eigenvalue weighted by Gasteiger charge is 2.23. The fourth-order valence-corrected chi connectivity index (χ4v) is 3.09. The SMILES string of the molecule is O[C@@H]1CC[C@@H](Nc2ncc3nnn(-c4ccc(Br)cc4)c3n2)C1. The van der Waals surface area contributed by atoms with Crippen LogP contribution in [0.1, 0.15) is 19.3 Å². The van der Waals surface area contributed by atoms with Crippen molar-refractivity contribution in [3.05, 3.63) is 34.9 Å². The van der Waals surface area contributed by atoms with Crippen molar-refractivity contribution in [3.8, 4) is 5.69 Å². The number of aliphatic hydroxyl groups excluding tert-OH is 1. The number of aliphatic hydroxyl groups is 1. The topological polar surface area (TPSA) is 88.8 Å². The van der Waals surface area contributed by atoms with Crippen molar-refractivity contribution >= 4 is 33.0 Å². The molecule has 0 unspecified atom stereocenters. The molecule has 2 atom stereocenters. The van der Waals surface area contributed by atoms with Crippen LogP contribution in [-0.4, -0.2) is 42.2 Å². The average Bonchev–Trinajstić information content (AvgIpc) is 3.14. The Balaban J connectivity index is 1.67. The summed E-state index contributed by atoms with van der Waals surface area (Å²) in [5.41, 5.74) is 2.19. The molecule has 3 aromatic rings. The maximum absolute atomic E-state index is 9.62. The van der Waals surface area contributed by atoms with E-state index in [1.54, 1.807) is 10.9 Å². The number of aromatic nitrogens is 5. The van der Waals surface area contributed by atoms with Crippen LogP contribution < -0.4 is 5.32 Å². The summed E-state index contributed by atoms with van der Waals surface area (Å²) in [5, 5.41) is 21.2. The molecule has 1 aliphatic carbocycles. The number of anilines is 1. The van der Waals surface area contributed by atoms with Crippen molar-refractivity contribution in [1.82, 2.24) is 25.0 Å². The molecule has 2 N–H and O–H groups in total. The van der Waals surface area contributed by atoms with Gasteiger partial charge in [-0.2, -0.15) is 9.67 Å². The Morgan fingerprint density at radius 3 is 2.78 bits per heavy atom. The molecule has 1 aliphatic rings. The molecule has 0 saturated heterocycles. The van der Waals surface area contributed by atoms with E-state index in [9.17, 15) is 5.11 Å². The minimum Gasteiger partial charge on any atom is -0.393 e. The number of rotatable bonds is 3. The molecule has 0 amide bonds. The molecule has 23 heavy (non-hydrogen) atoms. The summed E-state index contributed by atoms with van der Waals surface area (Å²) in [6.07, 6.45) is 3.90. The lowest BCUT2D eigenvalue weighted by atomic mass is 10.2. The van der Waals surface area contributed by atoms with E-state index in [-0.39, 0.29) is 12.1 Å². The summed E-state index contributed by atoms with van der Waals surface area (Å²) >= 11 is 3.42. The van der Waals surface area contributed by atoms with Gasteiger partial charge < -0.3 is 10.4 Å². The first kappa shape index (κ1) is 14.5. The second kappa shape index (κ2) is 5.86. The molecular formula is C15H15BrN6O. The molecule has 0 spiro atoms. The van der Waals surface area contributed by atoms with Crippen molar-refractivity contribution in [2.45, 2.75) is 31.4 Å². The van der Waals surface area contributed by atoms with Crippen molar-refractivity contribution < 1.29 is 5.11 Å². The number of halogens is 1. The summed E-state index contributed by atoms with van der Waals surface area (Å²) in [6, 6.07) is 7.99. The minimum atomic E-state index is -0.230. The van der Waals surface area contributed by atoms with E-state index in [4.69, 9.17) is 0 Å². The first-order chi connectivity index (χ1) is 11.2. The van der Waals surface area contributed by atoms with Gasteiger partial charge in [0.1, 0.15) is 0 Å². The predicted molar refractivity (Wildman–Crippen MR) is 89.4 cm³/mol. The zero-order valence-electron chi connectivity index (χ0n) is 12.2. The van der Waals surface area contributed by atoms with Gasteiger partial charge in [0.15, 0.2) is 11.2 Å². The first-order valence-electron chi connectivity index (χ1n) is 7.48. The molecule has 1 saturated carbocycles. The van der Waals surface area contributed by atoms with Crippen LogP contribution in [0.25, 0.3) is 16.9 Å². The first-order valence-corrected chi connectivity index (χ1v) is 8.27. The molecule has 2 heterocycles. The van der Waals surface area contributed by atoms with E-state index in [0.29, 0.717) is 17.1 Å². The van der Waals surface area contributed by atoms with E-state index in [1.165, 1.54) is 0 Å². The molecule has 118 valence electrons. The summed E-state index contributed by atoms with van der Waals surface area (Å²) in [4.78, 5) is 8.83. The Kier molecular flexibility index (Phi) is 3.70. The highest BCUT2D eigenvalue weighted by atomic mass is 79.9. The molecular weight excluding hydrogens is 360 g/mol. The van der Waals surface area contributed by atoms with Crippen molar-refractivity contribution in [2.24, 2.45) is 0 Å². The third-order valence-corrected chi connectivity index (χ3v) is 4.53. The smallest absolute Gasteiger partial charge is 0.225 e. The third-order valence-electron chi connectivity index (χ3n) is 4.00. The Morgan fingerprint density at radius 1 is 1.22 bits per heavy atom. The van der Waals surface area contributed by atoms with Crippen LogP contribution in [0.15, 0.2) is 34.9 Å². The Labute approximate surface area is 140 Å². The summed E-state index contributed by atoms with van der Waals surface area (Å²) < 4.78 is 2.69. The lowest BCUT2D eigenvalue weighted by Crippen LogP contribution is -2.18. The molecule has 0 bridgehead atoms. The van der Waals surface area contributed by atoms with Crippen molar-refractivity contribution in [2.75, 3.05) is 5.32 Å². The van der Waals surface area contributed by atoms with E-state index in [0.717, 1.165) is 29.4 Å². The number of fused-ring (bicyclic) bond motifs is 1. The maximum Gasteiger partial charge on any atom is 0.225 e. The molecule has 1 aromatic carbocycles. The zero-order chi connectivity index (χ0) is 15.8. The van der Waals surface area contributed by atoms with Crippen LogP contribution in [-0.2, 0) is 0 Å². The molecule has 0 radical (unpaired) electrons. The van der Waals surface area contributed by atoms with Crippen LogP contribution in [0.5, 0.6) is 0 Å². The van der Waals surface area contributed by atoms with Gasteiger partial charge in [-0.05, 0) is 43.5 Å². The molecule has 8 heteroatoms. The highest BCUT2D eigenvalue weighted by Crippen LogP contribution is 2.22. The standard InChI is InChI=1S/C15H15BrN6O/c16-9-1-4-11(5-2-9)22-14-13(20-21-22)8-17-15(19-14)18-10-3-6-12(23)7-10/h1-2,4-5,8,10,12,23H,3,6-7H2,(H,17,18,19)/t10-,12-/m1/s1. The van der Waals surface area contributed by atoms with E-state index < -0.39 is 0 Å². The van der Waals surface area contributed by atoms with Crippen LogP contribution in [0.4, 0.5) is 5.95 Å². The second-order valence-corrected chi connectivity index (χ2v) is 6.60. The van der Waals surface area contributed by atoms with Crippen molar-refractivity contribution in [3.63, 3.8) is 0 Å². The average molecular weight is 375 g/mol. The number of nitrogens with zero attached hydrogens (tertiary/aromatic N) is 5. The Bertz CT molecular complexity index is 834. The lowest BCUT2D eigenvalue weighted by Gasteiger charge is -2.11. The van der Waals surface area contributed by atoms with Crippen LogP contribution in [0.3, 0.4) is 0 Å². The van der Waals surface area contributed by atoms with Crippen molar-refractivity contribution in [1.29, 1.82) is 0 Å². The summed E-state index contributed by atoms with van der Waals surface area (Å²) in [5.74, 6) is 0.539. The van der Waals surface area contributed by atoms with Gasteiger partial charge in [-0.25, -0.2) is 4.98 Å². The van der Waals surface area contributed by atoms with E-state index in [1.807, 2.05) is 24.3 Å². The van der Waals surface area contributed by atoms with E-state index >= 15 is 0 Å². The fraction of sp³-hybridized carbons (Fsp3) is 0.333. The van der Waals surface area contributed by atoms with Gasteiger partial charge in [0.25, 0.3) is 0 Å². The van der Waals surface area contributed by atoms with Gasteiger partial charge in [-0.1, -0.05) is 21.1 Å². The van der Waals surface area contributed by atoms with Crippen LogP contribution in [0, 0.1) is 0 Å². The Morgan fingerprint density at radius 2 is 2.04 bits per heavy atom. The molecule has 4 rings (SSSR count). The maximum atomic E-state index is 9.62. The van der Waals surface area contributed by atoms with Gasteiger partial charge in [-0.15, -0.1) is 5.10 Å². The molecule has 7 nitrogen and oxygen atoms in total. The highest BCUT2D eigenvalue weighted by molar-refractivity contribution is 9.10. The summed E-state index contributed by atoms with van der Waals surface area (Å²) in [6.45, 7) is 0. The Hall–Kier alpha value is -2.06. The van der Waals surface area contributed by atoms with Gasteiger partial charge in [-0.3, -0.25) is 0 Å². The normalized spacial score (nSPS) is 21.0. The largest absolute Gasteiger partial charge is 0.393 e. The monoisotopic (exact) mass is 374 g/mol. The number of hydrogen-bond acceptors (Lipinski definition) is 6. The van der Waals surface area contributed by atoms with E-state index in [2.05, 4.69) is 41.5 Å². The van der Waals surface area contributed by atoms with Gasteiger partial charge in [0, 0.05) is 10.5 Å². The minimum absolute atomic E-state index is 0.208. The van der Waals surface area contributed by atoms with Gasteiger partial charge in [0.05, 0.1) is 18.0 Å². The predicted octanol–water partition coefficient (Wildman–Crippen LogP) is 2.30. The number of hydrogen-bond donors (Lipinski definition) is 2. The number of nitrogens with one attached hydrogen (secondary N) is 1. The quantitative estimate of drug-likeness (QED) is 0.730.